The Kier molecular flexibility index (Phi) is 3.29. The number of nitrogens with one attached hydrogen (secondary N) is 1. The lowest BCUT2D eigenvalue weighted by atomic mass is 10.0. The minimum atomic E-state index is -0.482. The highest BCUT2D eigenvalue weighted by molar-refractivity contribution is 7.80. The zero-order chi connectivity index (χ0) is 16.0. The van der Waals surface area contributed by atoms with Gasteiger partial charge in [-0.3, -0.25) is 14.9 Å². The molecule has 2 N–H and O–H groups in total. The Bertz CT molecular complexity index is 880. The number of aliphatic imine (C=N–C) groups is 1. The van der Waals surface area contributed by atoms with Gasteiger partial charge in [0.1, 0.15) is 5.71 Å². The molecule has 1 aromatic carbocycles. The molecule has 0 aliphatic carbocycles. The highest BCUT2D eigenvalue weighted by Gasteiger charge is 2.31. The maximum Gasteiger partial charge on any atom is 0.277 e. The summed E-state index contributed by atoms with van der Waals surface area (Å²) in [5.41, 5.74) is 1.76. The van der Waals surface area contributed by atoms with Crippen LogP contribution in [-0.4, -0.2) is 32.3 Å². The first-order chi connectivity index (χ1) is 10.5. The molecule has 0 atom stereocenters. The van der Waals surface area contributed by atoms with Crippen LogP contribution < -0.4 is 5.32 Å². The molecule has 1 amide bonds. The van der Waals surface area contributed by atoms with Gasteiger partial charge in [0.2, 0.25) is 16.9 Å². The number of carbonyl (C=O) groups excluding carboxylic acids is 2. The second-order valence-electron chi connectivity index (χ2n) is 4.94. The van der Waals surface area contributed by atoms with Gasteiger partial charge in [0, 0.05) is 12.3 Å². The number of carbonyl (C=O) groups is 2. The third-order valence-electron chi connectivity index (χ3n) is 3.63. The van der Waals surface area contributed by atoms with Crippen LogP contribution in [0.1, 0.15) is 29.8 Å². The predicted octanol–water partition coefficient (Wildman–Crippen LogP) is 1.77. The van der Waals surface area contributed by atoms with Crippen LogP contribution in [0.2, 0.25) is 0 Å². The van der Waals surface area contributed by atoms with E-state index in [4.69, 9.17) is 12.2 Å². The molecule has 1 aromatic heterocycles. The van der Waals surface area contributed by atoms with Crippen LogP contribution in [0.25, 0.3) is 10.9 Å². The lowest BCUT2D eigenvalue weighted by Gasteiger charge is -2.05. The zero-order valence-corrected chi connectivity index (χ0v) is 12.8. The van der Waals surface area contributed by atoms with Crippen LogP contribution in [0, 0.1) is 0 Å². The van der Waals surface area contributed by atoms with Crippen molar-refractivity contribution in [2.75, 3.05) is 0 Å². The largest absolute Gasteiger partial charge is 0.494 e. The summed E-state index contributed by atoms with van der Waals surface area (Å²) in [7, 11) is 0. The van der Waals surface area contributed by atoms with Crippen LogP contribution in [0.5, 0.6) is 5.88 Å². The second kappa shape index (κ2) is 5.03. The number of hydrogen-bond donors (Lipinski definition) is 2. The van der Waals surface area contributed by atoms with Crippen molar-refractivity contribution in [1.82, 2.24) is 9.88 Å². The van der Waals surface area contributed by atoms with Gasteiger partial charge in [0.05, 0.1) is 11.1 Å². The number of amides is 1. The Balaban J connectivity index is 2.44. The summed E-state index contributed by atoms with van der Waals surface area (Å²) in [4.78, 5) is 27.9. The van der Waals surface area contributed by atoms with Gasteiger partial charge in [0.25, 0.3) is 5.91 Å². The fourth-order valence-electron chi connectivity index (χ4n) is 2.73. The van der Waals surface area contributed by atoms with E-state index in [2.05, 4.69) is 10.3 Å². The van der Waals surface area contributed by atoms with E-state index in [0.29, 0.717) is 17.3 Å². The maximum atomic E-state index is 12.0. The van der Waals surface area contributed by atoms with Gasteiger partial charge in [-0.2, -0.15) is 0 Å². The molecule has 0 spiro atoms. The number of hydrogen-bond acceptors (Lipinski definition) is 4. The fraction of sp³-hybridized carbons (Fsp3) is 0.200. The summed E-state index contributed by atoms with van der Waals surface area (Å²) in [5, 5.41) is 13.6. The monoisotopic (exact) mass is 315 g/mol. The minimum absolute atomic E-state index is 0.0285. The fourth-order valence-corrected chi connectivity index (χ4v) is 2.91. The van der Waals surface area contributed by atoms with Crippen LogP contribution in [-0.2, 0) is 11.2 Å². The van der Waals surface area contributed by atoms with E-state index in [1.54, 1.807) is 6.07 Å². The van der Waals surface area contributed by atoms with Crippen molar-refractivity contribution in [2.24, 2.45) is 4.99 Å². The number of aryl methyl sites for hydroxylation is 1. The summed E-state index contributed by atoms with van der Waals surface area (Å²) in [6.07, 6.45) is 0.685. The lowest BCUT2D eigenvalue weighted by molar-refractivity contribution is -0.113. The molecule has 0 radical (unpaired) electrons. The Morgan fingerprint density at radius 3 is 2.73 bits per heavy atom. The van der Waals surface area contributed by atoms with E-state index >= 15 is 0 Å². The van der Waals surface area contributed by atoms with Crippen molar-refractivity contribution < 1.29 is 14.7 Å². The normalized spacial score (nSPS) is 14.4. The highest BCUT2D eigenvalue weighted by Crippen LogP contribution is 2.34. The molecule has 112 valence electrons. The van der Waals surface area contributed by atoms with E-state index in [0.717, 1.165) is 5.56 Å². The van der Waals surface area contributed by atoms with Gasteiger partial charge in [-0.15, -0.1) is 0 Å². The number of aromatic hydroxyl groups is 1. The smallest absolute Gasteiger partial charge is 0.277 e. The van der Waals surface area contributed by atoms with Crippen LogP contribution >= 0.6 is 12.2 Å². The molecule has 0 unspecified atom stereocenters. The predicted molar refractivity (Wildman–Crippen MR) is 86.6 cm³/mol. The lowest BCUT2D eigenvalue weighted by Crippen LogP contribution is -2.25. The van der Waals surface area contributed by atoms with Crippen LogP contribution in [0.15, 0.2) is 23.2 Å². The molecule has 0 saturated heterocycles. The first kappa shape index (κ1) is 14.4. The van der Waals surface area contributed by atoms with Crippen molar-refractivity contribution in [2.45, 2.75) is 20.3 Å². The summed E-state index contributed by atoms with van der Waals surface area (Å²) in [6, 6.07) is 5.45. The average molecular weight is 315 g/mol. The van der Waals surface area contributed by atoms with Gasteiger partial charge in [-0.1, -0.05) is 25.1 Å². The summed E-state index contributed by atoms with van der Waals surface area (Å²) in [5.74, 6) is -1.11. The van der Waals surface area contributed by atoms with E-state index in [9.17, 15) is 14.7 Å². The van der Waals surface area contributed by atoms with E-state index in [1.807, 2.05) is 19.1 Å². The van der Waals surface area contributed by atoms with Crippen molar-refractivity contribution in [3.05, 3.63) is 29.3 Å². The SMILES string of the molecule is CCc1cccc2c(C3=NC(=S)NC3=O)c(O)n(C(C)=O)c12. The van der Waals surface area contributed by atoms with Crippen molar-refractivity contribution in [3.63, 3.8) is 0 Å². The van der Waals surface area contributed by atoms with Gasteiger partial charge in [-0.25, -0.2) is 9.56 Å². The Morgan fingerprint density at radius 2 is 2.18 bits per heavy atom. The molecule has 7 heteroatoms. The second-order valence-corrected chi connectivity index (χ2v) is 5.33. The summed E-state index contributed by atoms with van der Waals surface area (Å²) in [6.45, 7) is 3.31. The van der Waals surface area contributed by atoms with Gasteiger partial charge in [-0.05, 0) is 24.2 Å². The average Bonchev–Trinajstić information content (AvgIpc) is 2.94. The molecule has 6 nitrogen and oxygen atoms in total. The van der Waals surface area contributed by atoms with E-state index in [-0.39, 0.29) is 28.2 Å². The summed E-state index contributed by atoms with van der Waals surface area (Å²) >= 11 is 4.87. The molecule has 0 saturated carbocycles. The molecule has 1 aliphatic heterocycles. The zero-order valence-electron chi connectivity index (χ0n) is 12.0. The molecule has 2 heterocycles. The molecule has 1 aliphatic rings. The third-order valence-corrected chi connectivity index (χ3v) is 3.82. The molecule has 3 rings (SSSR count). The maximum absolute atomic E-state index is 12.0. The molecular formula is C15H13N3O3S. The Hall–Kier alpha value is -2.54. The first-order valence-electron chi connectivity index (χ1n) is 6.76. The Labute approximate surface area is 131 Å². The van der Waals surface area contributed by atoms with Gasteiger partial charge in [0.15, 0.2) is 0 Å². The Morgan fingerprint density at radius 1 is 1.45 bits per heavy atom. The molecule has 0 bridgehead atoms. The number of para-hydroxylation sites is 1. The van der Waals surface area contributed by atoms with Crippen molar-refractivity contribution in [1.29, 1.82) is 0 Å². The number of rotatable bonds is 2. The summed E-state index contributed by atoms with van der Waals surface area (Å²) < 4.78 is 1.21. The van der Waals surface area contributed by atoms with Crippen molar-refractivity contribution in [3.8, 4) is 5.88 Å². The number of aromatic nitrogens is 1. The highest BCUT2D eigenvalue weighted by atomic mass is 32.1. The molecule has 22 heavy (non-hydrogen) atoms. The van der Waals surface area contributed by atoms with Gasteiger partial charge < -0.3 is 5.11 Å². The molecule has 0 fully saturated rings. The quantitative estimate of drug-likeness (QED) is 0.827. The van der Waals surface area contributed by atoms with E-state index in [1.165, 1.54) is 11.5 Å². The number of nitrogens with zero attached hydrogens (tertiary/aromatic N) is 2. The third kappa shape index (κ3) is 1.93. The first-order valence-corrected chi connectivity index (χ1v) is 7.17. The topological polar surface area (TPSA) is 83.7 Å². The van der Waals surface area contributed by atoms with Gasteiger partial charge >= 0.3 is 0 Å². The van der Waals surface area contributed by atoms with Crippen LogP contribution in [0.4, 0.5) is 0 Å². The van der Waals surface area contributed by atoms with E-state index < -0.39 is 5.91 Å². The standard InChI is InChI=1S/C15H13N3O3S/c1-3-8-5-4-6-9-10(11-13(20)17-15(22)16-11)14(21)18(7(2)19)12(8)9/h4-6,21H,3H2,1-2H3,(H,17,20,22). The molecule has 2 aromatic rings. The molecular weight excluding hydrogens is 302 g/mol. The number of fused-ring (bicyclic) bond motifs is 1. The number of thiocarbonyl (C=S) groups is 1. The number of benzene rings is 1. The van der Waals surface area contributed by atoms with Crippen LogP contribution in [0.3, 0.4) is 0 Å². The van der Waals surface area contributed by atoms with Crippen molar-refractivity contribution >= 4 is 45.8 Å². The minimum Gasteiger partial charge on any atom is -0.494 e.